The molecule has 1 aromatic rings. The summed E-state index contributed by atoms with van der Waals surface area (Å²) in [5.74, 6) is 3.22. The number of carbonyl (C=O) groups excluding carboxylic acids is 1. The molecule has 0 spiro atoms. The molecule has 1 fully saturated rings. The smallest absolute Gasteiger partial charge is 0.157 e. The van der Waals surface area contributed by atoms with Crippen molar-refractivity contribution in [1.29, 1.82) is 0 Å². The molecule has 1 radical (unpaired) electrons. The van der Waals surface area contributed by atoms with Crippen LogP contribution in [0.5, 0.6) is 11.5 Å². The van der Waals surface area contributed by atoms with Crippen molar-refractivity contribution < 1.29 is 47.0 Å². The summed E-state index contributed by atoms with van der Waals surface area (Å²) in [4.78, 5) is 12.6. The van der Waals surface area contributed by atoms with E-state index >= 15 is 0 Å². The summed E-state index contributed by atoms with van der Waals surface area (Å²) in [5, 5.41) is 3.37. The van der Waals surface area contributed by atoms with Gasteiger partial charge in [-0.2, -0.15) is 5.92 Å². The average Bonchev–Trinajstić information content (AvgIpc) is 2.82. The van der Waals surface area contributed by atoms with Crippen molar-refractivity contribution in [2.24, 2.45) is 5.92 Å². The van der Waals surface area contributed by atoms with E-state index in [-0.39, 0.29) is 38.5 Å². The monoisotopic (exact) mass is 377 g/mol. The number of benzene rings is 1. The number of carbonyl (C=O) groups is 1. The number of ketones is 1. The summed E-state index contributed by atoms with van der Waals surface area (Å²) in [6.07, 6.45) is 4.03. The van der Waals surface area contributed by atoms with Crippen molar-refractivity contribution in [3.05, 3.63) is 29.2 Å². The second-order valence-corrected chi connectivity index (χ2v) is 5.87. The molecule has 0 unspecified atom stereocenters. The Hall–Kier alpha value is -0.576. The van der Waals surface area contributed by atoms with Crippen molar-refractivity contribution >= 4 is 5.78 Å². The van der Waals surface area contributed by atoms with Crippen LogP contribution in [0.2, 0.25) is 0 Å². The fourth-order valence-electron chi connectivity index (χ4n) is 3.38. The van der Waals surface area contributed by atoms with E-state index in [0.717, 1.165) is 43.0 Å². The normalized spacial score (nSPS) is 17.9. The Kier molecular flexibility index (Phi) is 6.30. The Balaban J connectivity index is 0.00000176. The maximum absolute atomic E-state index is 12.6. The predicted molar refractivity (Wildman–Crippen MR) is 81.0 cm³/mol. The van der Waals surface area contributed by atoms with Gasteiger partial charge in [-0.05, 0) is 32.0 Å². The number of hydrogen-bond acceptors (Lipinski definition) is 4. The molecule has 1 saturated heterocycles. The van der Waals surface area contributed by atoms with E-state index in [4.69, 9.17) is 9.47 Å². The van der Waals surface area contributed by atoms with Crippen LogP contribution >= 0.6 is 0 Å². The topological polar surface area (TPSA) is 47.6 Å². The first-order chi connectivity index (χ1) is 10.2. The Morgan fingerprint density at radius 1 is 1.18 bits per heavy atom. The van der Waals surface area contributed by atoms with Gasteiger partial charge in [0.1, 0.15) is 5.75 Å². The minimum Gasteiger partial charge on any atom is -0.494 e. The van der Waals surface area contributed by atoms with Gasteiger partial charge >= 0.3 is 0 Å². The minimum atomic E-state index is 0. The summed E-state index contributed by atoms with van der Waals surface area (Å²) in [6.45, 7) is 2.14. The first-order valence-corrected chi connectivity index (χ1v) is 7.58. The zero-order chi connectivity index (χ0) is 14.8. The Morgan fingerprint density at radius 3 is 2.45 bits per heavy atom. The van der Waals surface area contributed by atoms with Crippen LogP contribution in [-0.2, 0) is 39.1 Å². The van der Waals surface area contributed by atoms with E-state index in [1.165, 1.54) is 12.8 Å². The summed E-state index contributed by atoms with van der Waals surface area (Å²) in [7, 11) is 3.23. The molecule has 0 atom stereocenters. The molecule has 1 aromatic carbocycles. The zero-order valence-electron chi connectivity index (χ0n) is 13.3. The largest absolute Gasteiger partial charge is 0.494 e. The second-order valence-electron chi connectivity index (χ2n) is 5.87. The van der Waals surface area contributed by atoms with Crippen LogP contribution < -0.4 is 14.8 Å². The van der Waals surface area contributed by atoms with Crippen molar-refractivity contribution in [2.45, 2.75) is 25.7 Å². The van der Waals surface area contributed by atoms with E-state index in [1.54, 1.807) is 14.2 Å². The van der Waals surface area contributed by atoms with Gasteiger partial charge in [0.05, 0.1) is 14.2 Å². The molecule has 1 N–H and O–H groups in total. The van der Waals surface area contributed by atoms with E-state index in [0.29, 0.717) is 17.4 Å². The summed E-state index contributed by atoms with van der Waals surface area (Å²) in [5.41, 5.74) is 1.86. The number of ether oxygens (including phenoxy) is 2. The van der Waals surface area contributed by atoms with Gasteiger partial charge in [-0.25, -0.2) is 0 Å². The van der Waals surface area contributed by atoms with Crippen LogP contribution in [0, 0.1) is 11.8 Å². The second kappa shape index (κ2) is 7.80. The number of piperidine rings is 1. The van der Waals surface area contributed by atoms with Crippen molar-refractivity contribution in [3.8, 4) is 11.5 Å². The van der Waals surface area contributed by atoms with Gasteiger partial charge in [0.15, 0.2) is 5.75 Å². The van der Waals surface area contributed by atoms with Crippen molar-refractivity contribution in [1.82, 2.24) is 5.32 Å². The van der Waals surface area contributed by atoms with Crippen molar-refractivity contribution in [3.63, 3.8) is 0 Å². The third-order valence-electron chi connectivity index (χ3n) is 4.57. The van der Waals surface area contributed by atoms with E-state index in [2.05, 4.69) is 5.32 Å². The van der Waals surface area contributed by atoms with E-state index < -0.39 is 0 Å². The number of fused-ring (bicyclic) bond motifs is 1. The van der Waals surface area contributed by atoms with E-state index in [9.17, 15) is 4.79 Å². The number of methoxy groups -OCH3 is 2. The molecule has 0 aromatic heterocycles. The minimum absolute atomic E-state index is 0. The van der Waals surface area contributed by atoms with Crippen LogP contribution in [0.15, 0.2) is 12.1 Å². The zero-order valence-corrected chi connectivity index (χ0v) is 16.1. The molecule has 1 aliphatic carbocycles. The predicted octanol–water partition coefficient (Wildman–Crippen LogP) is 2.40. The van der Waals surface area contributed by atoms with Gasteiger partial charge in [-0.1, -0.05) is 24.8 Å². The summed E-state index contributed by atoms with van der Waals surface area (Å²) >= 11 is 0. The number of nitrogens with one attached hydrogen (secondary N) is 1. The van der Waals surface area contributed by atoms with Crippen LogP contribution in [0.1, 0.15) is 35.2 Å². The maximum atomic E-state index is 12.6. The molecule has 5 heteroatoms. The summed E-state index contributed by atoms with van der Waals surface area (Å²) < 4.78 is 10.6. The molecule has 22 heavy (non-hydrogen) atoms. The maximum Gasteiger partial charge on any atom is 0.157 e. The van der Waals surface area contributed by atoms with Crippen LogP contribution in [0.3, 0.4) is 0 Å². The summed E-state index contributed by atoms with van der Waals surface area (Å²) in [6, 6.07) is 3.77. The first kappa shape index (κ1) is 17.8. The molecule has 117 valence electrons. The van der Waals surface area contributed by atoms with E-state index in [1.807, 2.05) is 12.1 Å². The average molecular weight is 377 g/mol. The van der Waals surface area contributed by atoms with Gasteiger partial charge in [0, 0.05) is 38.5 Å². The third-order valence-corrected chi connectivity index (χ3v) is 4.57. The Morgan fingerprint density at radius 2 is 1.82 bits per heavy atom. The number of rotatable bonds is 4. The SMILES string of the molecule is COc1cc2c(cc1OC)C(=O)[C-](CC1CCNCC1)C2.[Y]. The molecule has 0 saturated carbocycles. The van der Waals surface area contributed by atoms with Gasteiger partial charge < -0.3 is 19.6 Å². The van der Waals surface area contributed by atoms with Crippen LogP contribution in [-0.4, -0.2) is 33.1 Å². The van der Waals surface area contributed by atoms with Gasteiger partial charge in [0.25, 0.3) is 0 Å². The molecule has 4 nitrogen and oxygen atoms in total. The molecule has 2 aliphatic rings. The van der Waals surface area contributed by atoms with Crippen LogP contribution in [0.4, 0.5) is 0 Å². The fraction of sp³-hybridized carbons (Fsp3) is 0.529. The quantitative estimate of drug-likeness (QED) is 0.819. The number of Topliss-reactive ketones (excluding diaryl/α,β-unsaturated/α-hetero) is 1. The number of hydrogen-bond donors (Lipinski definition) is 1. The molecular formula is C17H22NO3Y-. The van der Waals surface area contributed by atoms with Crippen LogP contribution in [0.25, 0.3) is 0 Å². The molecule has 0 amide bonds. The molecule has 1 aliphatic heterocycles. The standard InChI is InChI=1S/C17H22NO3.Y/c1-20-15-9-12-8-13(7-11-3-5-18-6-4-11)17(19)14(12)10-16(15)21-2;/h9-11,18H,3-8H2,1-2H3;/q-1;. The van der Waals surface area contributed by atoms with Gasteiger partial charge in [-0.3, -0.25) is 0 Å². The van der Waals surface area contributed by atoms with Gasteiger partial charge in [-0.15, -0.1) is 11.1 Å². The Bertz CT molecular complexity index is 541. The van der Waals surface area contributed by atoms with Crippen molar-refractivity contribution in [2.75, 3.05) is 27.3 Å². The Labute approximate surface area is 157 Å². The molecular weight excluding hydrogens is 355 g/mol. The fourth-order valence-corrected chi connectivity index (χ4v) is 3.38. The molecule has 0 bridgehead atoms. The third kappa shape index (κ3) is 3.50. The molecule has 3 rings (SSSR count). The first-order valence-electron chi connectivity index (χ1n) is 7.58. The van der Waals surface area contributed by atoms with Gasteiger partial charge in [0.2, 0.25) is 0 Å². The molecule has 1 heterocycles.